The maximum atomic E-state index is 12.0. The van der Waals surface area contributed by atoms with Crippen LogP contribution >= 0.6 is 0 Å². The first kappa shape index (κ1) is 13.6. The Morgan fingerprint density at radius 1 is 1.47 bits per heavy atom. The summed E-state index contributed by atoms with van der Waals surface area (Å²) in [4.78, 5) is 0. The second-order valence-corrected chi connectivity index (χ2v) is 3.60. The van der Waals surface area contributed by atoms with Crippen LogP contribution in [-0.4, -0.2) is 12.4 Å². The van der Waals surface area contributed by atoms with E-state index in [0.29, 0.717) is 6.54 Å². The third-order valence-electron chi connectivity index (χ3n) is 2.11. The van der Waals surface area contributed by atoms with Crippen molar-refractivity contribution in [2.45, 2.75) is 25.9 Å². The van der Waals surface area contributed by atoms with E-state index in [9.17, 15) is 13.2 Å². The topological polar surface area (TPSA) is 21.3 Å². The van der Waals surface area contributed by atoms with Crippen LogP contribution in [0, 0.1) is 0 Å². The molecule has 0 aliphatic rings. The third-order valence-corrected chi connectivity index (χ3v) is 2.11. The Bertz CT molecular complexity index is 376. The maximum Gasteiger partial charge on any atom is 0.573 e. The fourth-order valence-corrected chi connectivity index (χ4v) is 1.21. The molecule has 1 aromatic carbocycles. The number of benzene rings is 1. The van der Waals surface area contributed by atoms with E-state index < -0.39 is 6.36 Å². The van der Waals surface area contributed by atoms with E-state index >= 15 is 0 Å². The van der Waals surface area contributed by atoms with E-state index in [1.54, 1.807) is 12.1 Å². The predicted molar refractivity (Wildman–Crippen MR) is 59.6 cm³/mol. The average molecular weight is 245 g/mol. The number of hydrogen-bond donors (Lipinski definition) is 1. The zero-order valence-electron chi connectivity index (χ0n) is 9.42. The largest absolute Gasteiger partial charge is 0.573 e. The first-order valence-electron chi connectivity index (χ1n) is 5.11. The zero-order chi connectivity index (χ0) is 12.9. The summed E-state index contributed by atoms with van der Waals surface area (Å²) in [5.41, 5.74) is 0.723. The van der Waals surface area contributed by atoms with E-state index in [4.69, 9.17) is 0 Å². The van der Waals surface area contributed by atoms with Gasteiger partial charge in [-0.2, -0.15) is 0 Å². The molecule has 1 aromatic rings. The maximum absolute atomic E-state index is 12.0. The first-order chi connectivity index (χ1) is 7.90. The van der Waals surface area contributed by atoms with Gasteiger partial charge in [0.1, 0.15) is 5.75 Å². The van der Waals surface area contributed by atoms with Crippen LogP contribution in [0.1, 0.15) is 12.5 Å². The van der Waals surface area contributed by atoms with Crippen molar-refractivity contribution in [3.8, 4) is 5.75 Å². The Kier molecular flexibility index (Phi) is 4.57. The molecule has 0 heterocycles. The molecule has 17 heavy (non-hydrogen) atoms. The second-order valence-electron chi connectivity index (χ2n) is 3.60. The average Bonchev–Trinajstić information content (AvgIpc) is 2.24. The Morgan fingerprint density at radius 2 is 2.18 bits per heavy atom. The Balaban J connectivity index is 2.63. The van der Waals surface area contributed by atoms with Crippen molar-refractivity contribution in [3.63, 3.8) is 0 Å². The number of rotatable bonds is 5. The van der Waals surface area contributed by atoms with Crippen molar-refractivity contribution < 1.29 is 17.9 Å². The number of nitrogens with one attached hydrogen (secondary N) is 1. The molecule has 0 aliphatic heterocycles. The molecule has 5 heteroatoms. The van der Waals surface area contributed by atoms with Crippen LogP contribution in [0.5, 0.6) is 5.75 Å². The van der Waals surface area contributed by atoms with Crippen molar-refractivity contribution in [1.29, 1.82) is 0 Å². The van der Waals surface area contributed by atoms with E-state index in [-0.39, 0.29) is 11.8 Å². The first-order valence-corrected chi connectivity index (χ1v) is 5.11. The smallest absolute Gasteiger partial charge is 0.406 e. The lowest BCUT2D eigenvalue weighted by Crippen LogP contribution is -2.23. The van der Waals surface area contributed by atoms with E-state index in [2.05, 4.69) is 16.6 Å². The van der Waals surface area contributed by atoms with Gasteiger partial charge in [0, 0.05) is 12.6 Å². The van der Waals surface area contributed by atoms with E-state index in [1.165, 1.54) is 18.2 Å². The number of hydrogen-bond acceptors (Lipinski definition) is 2. The van der Waals surface area contributed by atoms with Gasteiger partial charge in [-0.1, -0.05) is 18.2 Å². The lowest BCUT2D eigenvalue weighted by atomic mass is 10.2. The van der Waals surface area contributed by atoms with Crippen LogP contribution in [0.2, 0.25) is 0 Å². The number of ether oxygens (including phenoxy) is 1. The van der Waals surface area contributed by atoms with Crippen molar-refractivity contribution in [2.75, 3.05) is 0 Å². The molecule has 1 atom stereocenters. The van der Waals surface area contributed by atoms with E-state index in [0.717, 1.165) is 5.56 Å². The standard InChI is InChI=1S/C12H14F3NO/c1-3-9(2)16-8-10-5-4-6-11(7-10)17-12(13,14)15/h3-7,9,16H,1,8H2,2H3. The highest BCUT2D eigenvalue weighted by Crippen LogP contribution is 2.23. The fraction of sp³-hybridized carbons (Fsp3) is 0.333. The second kappa shape index (κ2) is 5.72. The van der Waals surface area contributed by atoms with Gasteiger partial charge in [-0.25, -0.2) is 0 Å². The fourth-order valence-electron chi connectivity index (χ4n) is 1.21. The van der Waals surface area contributed by atoms with E-state index in [1.807, 2.05) is 6.92 Å². The molecule has 0 aliphatic carbocycles. The van der Waals surface area contributed by atoms with Crippen LogP contribution in [0.25, 0.3) is 0 Å². The summed E-state index contributed by atoms with van der Waals surface area (Å²) in [7, 11) is 0. The van der Waals surface area contributed by atoms with Gasteiger partial charge in [-0.3, -0.25) is 0 Å². The molecule has 0 aromatic heterocycles. The van der Waals surface area contributed by atoms with Gasteiger partial charge in [0.15, 0.2) is 0 Å². The third kappa shape index (κ3) is 5.40. The normalized spacial score (nSPS) is 13.2. The number of halogens is 3. The van der Waals surface area contributed by atoms with Gasteiger partial charge >= 0.3 is 6.36 Å². The molecule has 0 saturated carbocycles. The molecule has 0 amide bonds. The summed E-state index contributed by atoms with van der Waals surface area (Å²) in [6.07, 6.45) is -2.93. The molecule has 1 N–H and O–H groups in total. The molecule has 1 rings (SSSR count). The quantitative estimate of drug-likeness (QED) is 0.804. The van der Waals surface area contributed by atoms with Crippen LogP contribution in [0.4, 0.5) is 13.2 Å². The summed E-state index contributed by atoms with van der Waals surface area (Å²) < 4.78 is 39.8. The van der Waals surface area contributed by atoms with Gasteiger partial charge < -0.3 is 10.1 Å². The molecule has 0 bridgehead atoms. The Hall–Kier alpha value is -1.49. The van der Waals surface area contributed by atoms with Crippen molar-refractivity contribution in [2.24, 2.45) is 0 Å². The molecule has 2 nitrogen and oxygen atoms in total. The van der Waals surface area contributed by atoms with Crippen LogP contribution in [0.15, 0.2) is 36.9 Å². The Morgan fingerprint density at radius 3 is 2.76 bits per heavy atom. The zero-order valence-corrected chi connectivity index (χ0v) is 9.42. The van der Waals surface area contributed by atoms with Crippen molar-refractivity contribution >= 4 is 0 Å². The van der Waals surface area contributed by atoms with Gasteiger partial charge in [-0.15, -0.1) is 19.8 Å². The van der Waals surface area contributed by atoms with Crippen LogP contribution < -0.4 is 10.1 Å². The highest BCUT2D eigenvalue weighted by molar-refractivity contribution is 5.28. The molecule has 0 radical (unpaired) electrons. The highest BCUT2D eigenvalue weighted by Gasteiger charge is 2.31. The SMILES string of the molecule is C=CC(C)NCc1cccc(OC(F)(F)F)c1. The molecule has 0 fully saturated rings. The molecule has 0 spiro atoms. The summed E-state index contributed by atoms with van der Waals surface area (Å²) in [6, 6.07) is 5.98. The number of alkyl halides is 3. The molecule has 1 unspecified atom stereocenters. The molecule has 0 saturated heterocycles. The summed E-state index contributed by atoms with van der Waals surface area (Å²) in [5, 5.41) is 3.08. The minimum absolute atomic E-state index is 0.0993. The monoisotopic (exact) mass is 245 g/mol. The molecular formula is C12H14F3NO. The van der Waals surface area contributed by atoms with Gasteiger partial charge in [0.05, 0.1) is 0 Å². The summed E-state index contributed by atoms with van der Waals surface area (Å²) in [6.45, 7) is 5.97. The summed E-state index contributed by atoms with van der Waals surface area (Å²) >= 11 is 0. The van der Waals surface area contributed by atoms with Crippen LogP contribution in [0.3, 0.4) is 0 Å². The summed E-state index contributed by atoms with van der Waals surface area (Å²) in [5.74, 6) is -0.206. The minimum Gasteiger partial charge on any atom is -0.406 e. The Labute approximate surface area is 98.1 Å². The molecule has 94 valence electrons. The van der Waals surface area contributed by atoms with Gasteiger partial charge in [0.2, 0.25) is 0 Å². The molecular weight excluding hydrogens is 231 g/mol. The lowest BCUT2D eigenvalue weighted by Gasteiger charge is -2.12. The van der Waals surface area contributed by atoms with Gasteiger partial charge in [-0.05, 0) is 24.6 Å². The van der Waals surface area contributed by atoms with Crippen LogP contribution in [-0.2, 0) is 6.54 Å². The minimum atomic E-state index is -4.65. The predicted octanol–water partition coefficient (Wildman–Crippen LogP) is 3.25. The highest BCUT2D eigenvalue weighted by atomic mass is 19.4. The lowest BCUT2D eigenvalue weighted by molar-refractivity contribution is -0.274. The van der Waals surface area contributed by atoms with Gasteiger partial charge in [0.25, 0.3) is 0 Å². The van der Waals surface area contributed by atoms with Crippen molar-refractivity contribution in [3.05, 3.63) is 42.5 Å². The van der Waals surface area contributed by atoms with Crippen molar-refractivity contribution in [1.82, 2.24) is 5.32 Å².